The molecule has 0 aliphatic carbocycles. The third-order valence-electron chi connectivity index (χ3n) is 2.57. The van der Waals surface area contributed by atoms with E-state index in [2.05, 4.69) is 25.3 Å². The van der Waals surface area contributed by atoms with Crippen molar-refractivity contribution in [2.45, 2.75) is 17.7 Å². The summed E-state index contributed by atoms with van der Waals surface area (Å²) in [4.78, 5) is 16.4. The molecule has 0 amide bonds. The van der Waals surface area contributed by atoms with E-state index in [1.165, 1.54) is 23.3 Å². The summed E-state index contributed by atoms with van der Waals surface area (Å²) in [5, 5.41) is 0. The first-order chi connectivity index (χ1) is 9.63. The van der Waals surface area contributed by atoms with Gasteiger partial charge in [-0.15, -0.1) is 0 Å². The number of benzene rings is 1. The Hall–Kier alpha value is -0.920. The van der Waals surface area contributed by atoms with Crippen LogP contribution in [0.5, 0.6) is 5.75 Å². The van der Waals surface area contributed by atoms with E-state index < -0.39 is 0 Å². The van der Waals surface area contributed by atoms with E-state index in [9.17, 15) is 4.79 Å². The average Bonchev–Trinajstić information content (AvgIpc) is 2.92. The summed E-state index contributed by atoms with van der Waals surface area (Å²) in [6.45, 7) is 2.01. The number of carbonyl (C=O) groups is 1. The van der Waals surface area contributed by atoms with Crippen LogP contribution in [-0.4, -0.2) is 28.0 Å². The first-order valence-corrected chi connectivity index (χ1v) is 8.51. The van der Waals surface area contributed by atoms with Crippen molar-refractivity contribution in [3.8, 4) is 5.75 Å². The highest BCUT2D eigenvalue weighted by Gasteiger charge is 2.11. The summed E-state index contributed by atoms with van der Waals surface area (Å²) in [6, 6.07) is 5.32. The van der Waals surface area contributed by atoms with Crippen molar-refractivity contribution >= 4 is 45.0 Å². The van der Waals surface area contributed by atoms with Crippen LogP contribution in [-0.2, 0) is 6.42 Å². The molecule has 0 spiro atoms. The van der Waals surface area contributed by atoms with Crippen molar-refractivity contribution < 1.29 is 9.53 Å². The van der Waals surface area contributed by atoms with Gasteiger partial charge in [-0.25, -0.2) is 4.98 Å². The number of aryl methyl sites for hydroxylation is 1. The molecule has 0 unspecified atom stereocenters. The van der Waals surface area contributed by atoms with Crippen LogP contribution in [0.3, 0.4) is 0 Å². The van der Waals surface area contributed by atoms with E-state index in [0.717, 1.165) is 21.1 Å². The summed E-state index contributed by atoms with van der Waals surface area (Å²) < 4.78 is 11.0. The van der Waals surface area contributed by atoms with Gasteiger partial charge in [0.1, 0.15) is 11.6 Å². The molecule has 1 aromatic heterocycles. The number of Topliss-reactive ketones (excluding diaryl/α,β-unsaturated/α-hetero) is 1. The molecule has 0 fully saturated rings. The Bertz CT molecular complexity index is 616. The van der Waals surface area contributed by atoms with Crippen molar-refractivity contribution in [2.75, 3.05) is 12.9 Å². The fourth-order valence-electron chi connectivity index (χ4n) is 1.49. The summed E-state index contributed by atoms with van der Waals surface area (Å²) in [5.41, 5.74) is 0.658. The zero-order valence-corrected chi connectivity index (χ0v) is 14.3. The van der Waals surface area contributed by atoms with Crippen LogP contribution in [0.15, 0.2) is 27.0 Å². The lowest BCUT2D eigenvalue weighted by Gasteiger charge is -2.05. The monoisotopic (exact) mass is 372 g/mol. The largest absolute Gasteiger partial charge is 0.496 e. The van der Waals surface area contributed by atoms with E-state index in [1.54, 1.807) is 25.3 Å². The maximum absolute atomic E-state index is 12.1. The number of hydrogen-bond acceptors (Lipinski definition) is 6. The van der Waals surface area contributed by atoms with Crippen molar-refractivity contribution in [1.29, 1.82) is 0 Å². The quantitative estimate of drug-likeness (QED) is 0.569. The number of ketones is 1. The third-order valence-corrected chi connectivity index (χ3v) is 5.06. The smallest absolute Gasteiger partial charge is 0.173 e. The van der Waals surface area contributed by atoms with Gasteiger partial charge in [0.25, 0.3) is 0 Å². The van der Waals surface area contributed by atoms with Crippen LogP contribution in [0, 0.1) is 0 Å². The number of aromatic nitrogens is 2. The van der Waals surface area contributed by atoms with E-state index in [0.29, 0.717) is 17.1 Å². The topological polar surface area (TPSA) is 52.1 Å². The molecule has 2 aromatic rings. The predicted molar refractivity (Wildman–Crippen MR) is 85.0 cm³/mol. The van der Waals surface area contributed by atoms with Gasteiger partial charge < -0.3 is 4.74 Å². The Balaban J connectivity index is 1.99. The number of halogens is 1. The van der Waals surface area contributed by atoms with Gasteiger partial charge in [-0.1, -0.05) is 18.7 Å². The molecule has 106 valence electrons. The molecule has 1 heterocycles. The van der Waals surface area contributed by atoms with Crippen LogP contribution >= 0.6 is 39.2 Å². The molecule has 0 aliphatic heterocycles. The van der Waals surface area contributed by atoms with Crippen LogP contribution in [0.25, 0.3) is 0 Å². The number of carbonyl (C=O) groups excluding carboxylic acids is 1. The molecule has 0 saturated heterocycles. The van der Waals surface area contributed by atoms with Gasteiger partial charge in [-0.3, -0.25) is 4.79 Å². The fraction of sp³-hybridized carbons (Fsp3) is 0.308. The lowest BCUT2D eigenvalue weighted by atomic mass is 10.1. The SMILES string of the molecule is CCc1nsc(SCC(=O)c2ccc(OC)c(Br)c2)n1. The molecule has 0 atom stereocenters. The summed E-state index contributed by atoms with van der Waals surface area (Å²) in [7, 11) is 1.60. The maximum atomic E-state index is 12.1. The van der Waals surface area contributed by atoms with E-state index in [4.69, 9.17) is 4.74 Å². The van der Waals surface area contributed by atoms with Gasteiger partial charge >= 0.3 is 0 Å². The lowest BCUT2D eigenvalue weighted by molar-refractivity contribution is 0.102. The minimum absolute atomic E-state index is 0.0617. The molecular weight excluding hydrogens is 360 g/mol. The highest BCUT2D eigenvalue weighted by Crippen LogP contribution is 2.27. The second-order valence-corrected chi connectivity index (χ2v) is 6.72. The van der Waals surface area contributed by atoms with Crippen molar-refractivity contribution in [1.82, 2.24) is 9.36 Å². The fourth-order valence-corrected chi connectivity index (χ4v) is 3.62. The standard InChI is InChI=1S/C13H13BrN2O2S2/c1-3-12-15-13(20-16-12)19-7-10(17)8-4-5-11(18-2)9(14)6-8/h4-6H,3,7H2,1-2H3. The number of thioether (sulfide) groups is 1. The second kappa shape index (κ2) is 7.19. The first kappa shape index (κ1) is 15.5. The second-order valence-electron chi connectivity index (χ2n) is 3.89. The first-order valence-electron chi connectivity index (χ1n) is 5.96. The van der Waals surface area contributed by atoms with Gasteiger partial charge in [0.05, 0.1) is 17.3 Å². The third kappa shape index (κ3) is 3.80. The molecule has 4 nitrogen and oxygen atoms in total. The Labute approximate surface area is 134 Å². The highest BCUT2D eigenvalue weighted by molar-refractivity contribution is 9.10. The Morgan fingerprint density at radius 3 is 2.90 bits per heavy atom. The summed E-state index contributed by atoms with van der Waals surface area (Å²) in [5.74, 6) is 1.96. The minimum Gasteiger partial charge on any atom is -0.496 e. The van der Waals surface area contributed by atoms with Crippen molar-refractivity contribution in [3.63, 3.8) is 0 Å². The van der Waals surface area contributed by atoms with Crippen LogP contribution in [0.1, 0.15) is 23.1 Å². The summed E-state index contributed by atoms with van der Waals surface area (Å²) >= 11 is 6.15. The molecule has 1 aromatic carbocycles. The lowest BCUT2D eigenvalue weighted by Crippen LogP contribution is -2.02. The Morgan fingerprint density at radius 1 is 1.50 bits per heavy atom. The molecule has 7 heteroatoms. The minimum atomic E-state index is 0.0617. The number of methoxy groups -OCH3 is 1. The zero-order chi connectivity index (χ0) is 14.5. The van der Waals surface area contributed by atoms with Gasteiger partial charge in [-0.2, -0.15) is 4.37 Å². The number of rotatable bonds is 6. The maximum Gasteiger partial charge on any atom is 0.173 e. The van der Waals surface area contributed by atoms with Crippen LogP contribution in [0.4, 0.5) is 0 Å². The van der Waals surface area contributed by atoms with Gasteiger partial charge in [-0.05, 0) is 45.7 Å². The zero-order valence-electron chi connectivity index (χ0n) is 11.1. The van der Waals surface area contributed by atoms with Crippen LogP contribution < -0.4 is 4.74 Å². The normalized spacial score (nSPS) is 10.6. The number of nitrogens with zero attached hydrogens (tertiary/aromatic N) is 2. The predicted octanol–water partition coefficient (Wildman–Crippen LogP) is 3.85. The molecule has 0 aliphatic rings. The van der Waals surface area contributed by atoms with E-state index >= 15 is 0 Å². The molecule has 2 rings (SSSR count). The van der Waals surface area contributed by atoms with Gasteiger partial charge in [0.15, 0.2) is 10.1 Å². The molecule has 0 N–H and O–H groups in total. The molecule has 0 radical (unpaired) electrons. The molecule has 0 bridgehead atoms. The number of hydrogen-bond donors (Lipinski definition) is 0. The molecular formula is C13H13BrN2O2S2. The Kier molecular flexibility index (Phi) is 5.56. The van der Waals surface area contributed by atoms with E-state index in [-0.39, 0.29) is 5.78 Å². The van der Waals surface area contributed by atoms with Gasteiger partial charge in [0, 0.05) is 12.0 Å². The van der Waals surface area contributed by atoms with Crippen molar-refractivity contribution in [3.05, 3.63) is 34.1 Å². The highest BCUT2D eigenvalue weighted by atomic mass is 79.9. The van der Waals surface area contributed by atoms with Crippen molar-refractivity contribution in [2.24, 2.45) is 0 Å². The number of ether oxygens (including phenoxy) is 1. The van der Waals surface area contributed by atoms with E-state index in [1.807, 2.05) is 6.92 Å². The average molecular weight is 373 g/mol. The Morgan fingerprint density at radius 2 is 2.30 bits per heavy atom. The molecule has 0 saturated carbocycles. The van der Waals surface area contributed by atoms with Crippen LogP contribution in [0.2, 0.25) is 0 Å². The van der Waals surface area contributed by atoms with Gasteiger partial charge in [0.2, 0.25) is 0 Å². The summed E-state index contributed by atoms with van der Waals surface area (Å²) in [6.07, 6.45) is 0.816. The molecule has 20 heavy (non-hydrogen) atoms.